The summed E-state index contributed by atoms with van der Waals surface area (Å²) in [4.78, 5) is 25.6. The smallest absolute Gasteiger partial charge is 0.315 e. The van der Waals surface area contributed by atoms with E-state index in [1.807, 2.05) is 0 Å². The van der Waals surface area contributed by atoms with Gasteiger partial charge in [0, 0.05) is 21.8 Å². The monoisotopic (exact) mass is 650 g/mol. The Bertz CT molecular complexity index is 1070. The molecule has 3 saturated heterocycles. The molecule has 4 aliphatic rings. The number of fused-ring (bicyclic) bond motifs is 1. The second kappa shape index (κ2) is 12.4. The van der Waals surface area contributed by atoms with Crippen LogP contribution in [-0.4, -0.2) is 137 Å². The van der Waals surface area contributed by atoms with Crippen LogP contribution >= 0.6 is 11.8 Å². The minimum atomic E-state index is -2.13. The van der Waals surface area contributed by atoms with Crippen molar-refractivity contribution in [2.45, 2.75) is 132 Å². The molecule has 0 radical (unpaired) electrons. The van der Waals surface area contributed by atoms with Crippen molar-refractivity contribution < 1.29 is 59.9 Å². The van der Waals surface area contributed by atoms with Gasteiger partial charge in [0.15, 0.2) is 0 Å². The van der Waals surface area contributed by atoms with Gasteiger partial charge in [-0.2, -0.15) is 11.8 Å². The zero-order valence-corrected chi connectivity index (χ0v) is 26.8. The maximum atomic E-state index is 13.8. The second-order valence-electron chi connectivity index (χ2n) is 14.3. The van der Waals surface area contributed by atoms with E-state index in [1.54, 1.807) is 25.6 Å². The normalized spacial score (nSPS) is 49.6. The molecule has 10 N–H and O–H groups in total. The molecule has 1 aliphatic carbocycles. The Labute approximate surface area is 261 Å². The van der Waals surface area contributed by atoms with Gasteiger partial charge in [0.25, 0.3) is 0 Å². The van der Waals surface area contributed by atoms with Crippen LogP contribution in [0.3, 0.4) is 0 Å². The molecule has 0 aromatic rings. The first-order valence-electron chi connectivity index (χ1n) is 15.2. The number of carbonyl (C=O) groups excluding carboxylic acids is 2. The summed E-state index contributed by atoms with van der Waals surface area (Å²) in [5, 5.41) is 91.6. The molecule has 14 atom stereocenters. The average Bonchev–Trinajstić information content (AvgIpc) is 3.50. The number of carbonyl (C=O) groups is 2. The van der Waals surface area contributed by atoms with Crippen molar-refractivity contribution in [3.8, 4) is 0 Å². The highest BCUT2D eigenvalue weighted by Gasteiger charge is 2.72. The third-order valence-electron chi connectivity index (χ3n) is 11.5. The van der Waals surface area contributed by atoms with Crippen molar-refractivity contribution in [2.24, 2.45) is 16.7 Å². The summed E-state index contributed by atoms with van der Waals surface area (Å²) in [5.74, 6) is -1.02. The van der Waals surface area contributed by atoms with Crippen LogP contribution in [0.1, 0.15) is 66.7 Å². The van der Waals surface area contributed by atoms with Crippen LogP contribution in [0.4, 0.5) is 4.79 Å². The molecular weight excluding hydrogens is 600 g/mol. The first-order chi connectivity index (χ1) is 20.3. The van der Waals surface area contributed by atoms with E-state index in [9.17, 15) is 50.4 Å². The lowest BCUT2D eigenvalue weighted by atomic mass is 9.44. The van der Waals surface area contributed by atoms with Gasteiger partial charge in [-0.15, -0.1) is 0 Å². The molecule has 5 unspecified atom stereocenters. The van der Waals surface area contributed by atoms with Crippen molar-refractivity contribution in [2.75, 3.05) is 19.0 Å². The van der Waals surface area contributed by atoms with E-state index in [1.165, 1.54) is 20.8 Å². The summed E-state index contributed by atoms with van der Waals surface area (Å²) in [6.45, 7) is 6.13. The van der Waals surface area contributed by atoms with Gasteiger partial charge in [-0.1, -0.05) is 20.3 Å². The minimum Gasteiger partial charge on any atom is -0.433 e. The fourth-order valence-electron chi connectivity index (χ4n) is 7.77. The number of nitrogens with one attached hydrogen (secondary N) is 2. The van der Waals surface area contributed by atoms with Crippen LogP contribution in [-0.2, 0) is 14.3 Å². The maximum absolute atomic E-state index is 13.8. The third kappa shape index (κ3) is 5.75. The second-order valence-corrected chi connectivity index (χ2v) is 15.5. The summed E-state index contributed by atoms with van der Waals surface area (Å²) in [7, 11) is 0. The van der Waals surface area contributed by atoms with Gasteiger partial charge in [-0.25, -0.2) is 4.79 Å². The topological polar surface area (TPSA) is 238 Å². The van der Waals surface area contributed by atoms with E-state index in [0.717, 1.165) is 5.75 Å². The van der Waals surface area contributed by atoms with Gasteiger partial charge in [-0.05, 0) is 46.5 Å². The van der Waals surface area contributed by atoms with Crippen LogP contribution in [0.25, 0.3) is 0 Å². The molecule has 15 heteroatoms. The Kier molecular flexibility index (Phi) is 10.0. The van der Waals surface area contributed by atoms with E-state index >= 15 is 0 Å². The fourth-order valence-corrected chi connectivity index (χ4v) is 9.31. The first-order valence-corrected chi connectivity index (χ1v) is 16.3. The molecule has 4 rings (SSSR count). The van der Waals surface area contributed by atoms with Crippen molar-refractivity contribution in [1.29, 1.82) is 0 Å². The van der Waals surface area contributed by atoms with Crippen molar-refractivity contribution >= 4 is 23.8 Å². The highest BCUT2D eigenvalue weighted by molar-refractivity contribution is 8.00. The molecule has 0 bridgehead atoms. The number of amides is 2. The Balaban J connectivity index is 1.58. The largest absolute Gasteiger partial charge is 0.433 e. The number of aliphatic hydroxyl groups excluding tert-OH is 5. The lowest BCUT2D eigenvalue weighted by molar-refractivity contribution is -0.338. The molecule has 2 amide bonds. The van der Waals surface area contributed by atoms with Gasteiger partial charge in [0.05, 0.1) is 36.8 Å². The molecule has 3 heterocycles. The summed E-state index contributed by atoms with van der Waals surface area (Å²) in [6.07, 6.45) is -6.81. The predicted molar refractivity (Wildman–Crippen MR) is 157 cm³/mol. The van der Waals surface area contributed by atoms with Gasteiger partial charge < -0.3 is 61.0 Å². The maximum Gasteiger partial charge on any atom is 0.315 e. The molecule has 4 fully saturated rings. The number of urea groups is 1. The molecule has 0 spiro atoms. The molecule has 3 aliphatic heterocycles. The van der Waals surface area contributed by atoms with Crippen LogP contribution in [0.2, 0.25) is 0 Å². The van der Waals surface area contributed by atoms with E-state index < -0.39 is 83.4 Å². The molecule has 44 heavy (non-hydrogen) atoms. The number of ether oxygens (including phenoxy) is 2. The van der Waals surface area contributed by atoms with E-state index in [2.05, 4.69) is 10.6 Å². The predicted octanol–water partition coefficient (Wildman–Crippen LogP) is -1.67. The van der Waals surface area contributed by atoms with Gasteiger partial charge >= 0.3 is 12.0 Å². The van der Waals surface area contributed by atoms with Crippen LogP contribution in [0.15, 0.2) is 0 Å². The molecular formula is C29H50N2O12S. The van der Waals surface area contributed by atoms with Crippen LogP contribution in [0.5, 0.6) is 0 Å². The standard InChI is InChI=1S/C29H50N2O12S/c1-25(12-26(2,13-33)28(4,40)29(5,41)27(25,3)39)9-14(7-6-8-17-18-15(11-44-17)30-24(38)31-18)22(37)43-23-21(36)20(35)19(34)16(10-32)42-23/h14-21,23,32-36,39-41H,6-13H2,1-5H3,(H2,30,31,38)/t14?,15-,16+,17?,18-,19+,20-,21-,23+,25+,26?,27?,28+,29?/m0/s1. The summed E-state index contributed by atoms with van der Waals surface area (Å²) >= 11 is 1.72. The quantitative estimate of drug-likeness (QED) is 0.0942. The minimum absolute atomic E-state index is 0.0203. The van der Waals surface area contributed by atoms with Gasteiger partial charge in [-0.3, -0.25) is 4.79 Å². The zero-order valence-electron chi connectivity index (χ0n) is 26.0. The number of hydrogen-bond donors (Lipinski definition) is 10. The fraction of sp³-hybridized carbons (Fsp3) is 0.931. The van der Waals surface area contributed by atoms with Crippen molar-refractivity contribution in [3.63, 3.8) is 0 Å². The number of aliphatic hydroxyl groups is 8. The SMILES string of the molecule is CC1(O)C(C)(O)[C@](C)(O)C(C)(CO)C[C@@]1(C)CC(CCCC1SC[C@@H]2NC(=O)N[C@H]12)C(=O)O[C@H]1O[C@H](CO)[C@@H](O)[C@H](O)[C@@H]1O. The molecule has 1 saturated carbocycles. The molecule has 14 nitrogen and oxygen atoms in total. The molecule has 0 aromatic carbocycles. The highest BCUT2D eigenvalue weighted by Crippen LogP contribution is 2.62. The zero-order chi connectivity index (χ0) is 33.0. The molecule has 254 valence electrons. The Hall–Kier alpha value is -1.27. The van der Waals surface area contributed by atoms with Crippen molar-refractivity contribution in [3.05, 3.63) is 0 Å². The molecule has 0 aromatic heterocycles. The third-order valence-corrected chi connectivity index (χ3v) is 13.0. The average molecular weight is 651 g/mol. The lowest BCUT2D eigenvalue weighted by Crippen LogP contribution is -2.79. The van der Waals surface area contributed by atoms with Crippen molar-refractivity contribution in [1.82, 2.24) is 10.6 Å². The Morgan fingerprint density at radius 2 is 1.61 bits per heavy atom. The highest BCUT2D eigenvalue weighted by atomic mass is 32.2. The van der Waals surface area contributed by atoms with Crippen LogP contribution < -0.4 is 10.6 Å². The van der Waals surface area contributed by atoms with Gasteiger partial charge in [0.2, 0.25) is 6.29 Å². The first kappa shape index (κ1) is 35.6. The Morgan fingerprint density at radius 1 is 0.977 bits per heavy atom. The number of esters is 1. The lowest BCUT2D eigenvalue weighted by Gasteiger charge is -2.66. The number of thioether (sulfide) groups is 1. The Morgan fingerprint density at radius 3 is 2.23 bits per heavy atom. The number of rotatable bonds is 10. The van der Waals surface area contributed by atoms with E-state index in [0.29, 0.717) is 12.8 Å². The van der Waals surface area contributed by atoms with Gasteiger partial charge in [0.1, 0.15) is 35.6 Å². The van der Waals surface area contributed by atoms with E-state index in [4.69, 9.17) is 9.47 Å². The van der Waals surface area contributed by atoms with Crippen LogP contribution in [0, 0.1) is 16.7 Å². The van der Waals surface area contributed by atoms with E-state index in [-0.39, 0.29) is 42.6 Å². The number of hydrogen-bond acceptors (Lipinski definition) is 13. The summed E-state index contributed by atoms with van der Waals surface area (Å²) in [5.41, 5.74) is -8.54. The summed E-state index contributed by atoms with van der Waals surface area (Å²) in [6, 6.07) is -0.244. The summed E-state index contributed by atoms with van der Waals surface area (Å²) < 4.78 is 10.9.